The molecule has 0 aliphatic rings. The van der Waals surface area contributed by atoms with E-state index in [9.17, 15) is 10.4 Å². The van der Waals surface area contributed by atoms with Crippen molar-refractivity contribution in [3.63, 3.8) is 0 Å². The first kappa shape index (κ1) is 13.3. The molecule has 0 spiro atoms. The summed E-state index contributed by atoms with van der Waals surface area (Å²) < 4.78 is 5.67. The number of ether oxygens (including phenoxy) is 1. The normalized spacial score (nSPS) is 9.89. The molecule has 2 rings (SSSR count). The summed E-state index contributed by atoms with van der Waals surface area (Å²) in [4.78, 5) is 0.905. The maximum absolute atomic E-state index is 9.41. The zero-order valence-corrected chi connectivity index (χ0v) is 11.3. The first-order chi connectivity index (χ1) is 9.24. The average molecular weight is 271 g/mol. The maximum Gasteiger partial charge on any atom is 0.146 e. The molecule has 0 atom stereocenters. The van der Waals surface area contributed by atoms with E-state index in [1.807, 2.05) is 19.1 Å². The van der Waals surface area contributed by atoms with Crippen molar-refractivity contribution in [2.45, 2.75) is 11.8 Å². The predicted octanol–water partition coefficient (Wildman–Crippen LogP) is 4.17. The standard InChI is InChI=1S/C15H13NO2S/c1-2-19-15-8-4-7-14(13(15)10-16)18-12-6-3-5-11(17)9-12/h3-9,17H,2H2,1H3. The number of benzene rings is 2. The highest BCUT2D eigenvalue weighted by Gasteiger charge is 2.10. The van der Waals surface area contributed by atoms with Gasteiger partial charge in [-0.2, -0.15) is 5.26 Å². The summed E-state index contributed by atoms with van der Waals surface area (Å²) in [5.74, 6) is 2.04. The van der Waals surface area contributed by atoms with Crippen molar-refractivity contribution in [2.24, 2.45) is 0 Å². The molecule has 0 saturated carbocycles. The van der Waals surface area contributed by atoms with Gasteiger partial charge in [0.25, 0.3) is 0 Å². The Bertz CT molecular complexity index is 620. The van der Waals surface area contributed by atoms with E-state index in [2.05, 4.69) is 6.07 Å². The van der Waals surface area contributed by atoms with Gasteiger partial charge in [-0.25, -0.2) is 0 Å². The number of rotatable bonds is 4. The van der Waals surface area contributed by atoms with Gasteiger partial charge in [-0.3, -0.25) is 0 Å². The van der Waals surface area contributed by atoms with Gasteiger partial charge in [-0.15, -0.1) is 11.8 Å². The molecular formula is C15H13NO2S. The van der Waals surface area contributed by atoms with Crippen molar-refractivity contribution in [3.05, 3.63) is 48.0 Å². The summed E-state index contributed by atoms with van der Waals surface area (Å²) >= 11 is 1.60. The van der Waals surface area contributed by atoms with Crippen LogP contribution in [0.4, 0.5) is 0 Å². The number of phenols is 1. The van der Waals surface area contributed by atoms with E-state index in [1.165, 1.54) is 6.07 Å². The summed E-state index contributed by atoms with van der Waals surface area (Å²) in [7, 11) is 0. The summed E-state index contributed by atoms with van der Waals surface area (Å²) in [5.41, 5.74) is 0.526. The van der Waals surface area contributed by atoms with Gasteiger partial charge >= 0.3 is 0 Å². The van der Waals surface area contributed by atoms with Crippen LogP contribution in [-0.2, 0) is 0 Å². The Kier molecular flexibility index (Phi) is 4.32. The molecule has 0 radical (unpaired) electrons. The third-order valence-corrected chi connectivity index (χ3v) is 3.38. The SMILES string of the molecule is CCSc1cccc(Oc2cccc(O)c2)c1C#N. The van der Waals surface area contributed by atoms with Crippen LogP contribution in [-0.4, -0.2) is 10.9 Å². The van der Waals surface area contributed by atoms with Gasteiger partial charge in [-0.1, -0.05) is 19.1 Å². The minimum absolute atomic E-state index is 0.134. The lowest BCUT2D eigenvalue weighted by molar-refractivity contribution is 0.454. The molecule has 0 fully saturated rings. The van der Waals surface area contributed by atoms with E-state index in [0.717, 1.165) is 10.6 Å². The highest BCUT2D eigenvalue weighted by atomic mass is 32.2. The smallest absolute Gasteiger partial charge is 0.146 e. The molecule has 1 N–H and O–H groups in total. The van der Waals surface area contributed by atoms with Crippen LogP contribution in [0.15, 0.2) is 47.4 Å². The fourth-order valence-electron chi connectivity index (χ4n) is 1.66. The molecule has 96 valence electrons. The lowest BCUT2D eigenvalue weighted by Crippen LogP contribution is -1.90. The average Bonchev–Trinajstić information content (AvgIpc) is 2.39. The van der Waals surface area contributed by atoms with Crippen molar-refractivity contribution < 1.29 is 9.84 Å². The topological polar surface area (TPSA) is 53.2 Å². The third kappa shape index (κ3) is 3.21. The van der Waals surface area contributed by atoms with Crippen LogP contribution in [0.25, 0.3) is 0 Å². The van der Waals surface area contributed by atoms with E-state index in [-0.39, 0.29) is 5.75 Å². The lowest BCUT2D eigenvalue weighted by atomic mass is 10.2. The largest absolute Gasteiger partial charge is 0.508 e. The van der Waals surface area contributed by atoms with Gasteiger partial charge in [0.05, 0.1) is 0 Å². The van der Waals surface area contributed by atoms with Crippen LogP contribution in [0.5, 0.6) is 17.2 Å². The molecule has 4 heteroatoms. The van der Waals surface area contributed by atoms with Gasteiger partial charge in [0.2, 0.25) is 0 Å². The van der Waals surface area contributed by atoms with Crippen LogP contribution < -0.4 is 4.74 Å². The summed E-state index contributed by atoms with van der Waals surface area (Å²) in [6.45, 7) is 2.04. The molecule has 19 heavy (non-hydrogen) atoms. The Hall–Kier alpha value is -2.12. The van der Waals surface area contributed by atoms with Gasteiger partial charge in [-0.05, 0) is 30.0 Å². The Morgan fingerprint density at radius 1 is 1.26 bits per heavy atom. The van der Waals surface area contributed by atoms with Gasteiger partial charge in [0.15, 0.2) is 0 Å². The summed E-state index contributed by atoms with van der Waals surface area (Å²) in [5, 5.41) is 18.7. The highest BCUT2D eigenvalue weighted by Crippen LogP contribution is 2.33. The molecule has 2 aromatic rings. The second-order valence-corrected chi connectivity index (χ2v) is 5.08. The minimum atomic E-state index is 0.134. The predicted molar refractivity (Wildman–Crippen MR) is 75.7 cm³/mol. The van der Waals surface area contributed by atoms with E-state index in [4.69, 9.17) is 4.74 Å². The maximum atomic E-state index is 9.41. The first-order valence-electron chi connectivity index (χ1n) is 5.87. The van der Waals surface area contributed by atoms with E-state index < -0.39 is 0 Å². The zero-order chi connectivity index (χ0) is 13.7. The molecule has 0 aromatic heterocycles. The molecule has 0 bridgehead atoms. The molecule has 0 amide bonds. The molecule has 0 unspecified atom stereocenters. The quantitative estimate of drug-likeness (QED) is 0.848. The van der Waals surface area contributed by atoms with E-state index >= 15 is 0 Å². The monoisotopic (exact) mass is 271 g/mol. The number of nitrogens with zero attached hydrogens (tertiary/aromatic N) is 1. The van der Waals surface area contributed by atoms with E-state index in [1.54, 1.807) is 36.0 Å². The third-order valence-electron chi connectivity index (χ3n) is 2.45. The molecule has 3 nitrogen and oxygen atoms in total. The molecular weight excluding hydrogens is 258 g/mol. The number of thioether (sulfide) groups is 1. The number of nitriles is 1. The fraction of sp³-hybridized carbons (Fsp3) is 0.133. The summed E-state index contributed by atoms with van der Waals surface area (Å²) in [6.07, 6.45) is 0. The molecule has 0 aliphatic heterocycles. The zero-order valence-electron chi connectivity index (χ0n) is 10.5. The Morgan fingerprint density at radius 2 is 2.05 bits per heavy atom. The minimum Gasteiger partial charge on any atom is -0.508 e. The molecule has 0 heterocycles. The van der Waals surface area contributed by atoms with Crippen molar-refractivity contribution in [2.75, 3.05) is 5.75 Å². The van der Waals surface area contributed by atoms with Crippen molar-refractivity contribution in [1.82, 2.24) is 0 Å². The molecule has 0 saturated heterocycles. The first-order valence-corrected chi connectivity index (χ1v) is 6.86. The second kappa shape index (κ2) is 6.17. The second-order valence-electron chi connectivity index (χ2n) is 3.77. The molecule has 0 aliphatic carbocycles. The number of hydrogen-bond acceptors (Lipinski definition) is 4. The number of hydrogen-bond donors (Lipinski definition) is 1. The molecule has 2 aromatic carbocycles. The van der Waals surface area contributed by atoms with Crippen LogP contribution >= 0.6 is 11.8 Å². The van der Waals surface area contributed by atoms with Gasteiger partial charge < -0.3 is 9.84 Å². The fourth-order valence-corrected chi connectivity index (χ4v) is 2.43. The lowest BCUT2D eigenvalue weighted by Gasteiger charge is -2.10. The Balaban J connectivity index is 2.35. The van der Waals surface area contributed by atoms with Crippen LogP contribution in [0.1, 0.15) is 12.5 Å². The Morgan fingerprint density at radius 3 is 2.74 bits per heavy atom. The van der Waals surface area contributed by atoms with E-state index in [0.29, 0.717) is 17.1 Å². The van der Waals surface area contributed by atoms with Crippen molar-refractivity contribution in [1.29, 1.82) is 5.26 Å². The van der Waals surface area contributed by atoms with Gasteiger partial charge in [0, 0.05) is 11.0 Å². The Labute approximate surface area is 116 Å². The van der Waals surface area contributed by atoms with Crippen LogP contribution in [0.2, 0.25) is 0 Å². The van der Waals surface area contributed by atoms with Gasteiger partial charge in [0.1, 0.15) is 28.9 Å². The number of phenolic OH excluding ortho intramolecular Hbond substituents is 1. The van der Waals surface area contributed by atoms with Crippen molar-refractivity contribution >= 4 is 11.8 Å². The van der Waals surface area contributed by atoms with Crippen LogP contribution in [0, 0.1) is 11.3 Å². The summed E-state index contributed by atoms with van der Waals surface area (Å²) in [6, 6.07) is 14.2. The van der Waals surface area contributed by atoms with Crippen LogP contribution in [0.3, 0.4) is 0 Å². The van der Waals surface area contributed by atoms with Crippen molar-refractivity contribution in [3.8, 4) is 23.3 Å². The highest BCUT2D eigenvalue weighted by molar-refractivity contribution is 7.99. The number of aromatic hydroxyl groups is 1.